The summed E-state index contributed by atoms with van der Waals surface area (Å²) in [4.78, 5) is 34.5. The van der Waals surface area contributed by atoms with E-state index in [1.54, 1.807) is 32.4 Å². The van der Waals surface area contributed by atoms with Crippen molar-refractivity contribution in [1.29, 1.82) is 0 Å². The number of halogens is 3. The minimum Gasteiger partial charge on any atom is -0.493 e. The lowest BCUT2D eigenvalue weighted by Crippen LogP contribution is -2.48. The molecule has 49 heavy (non-hydrogen) atoms. The molecule has 3 aromatic carbocycles. The first-order valence-corrected chi connectivity index (χ1v) is 15.5. The number of rotatable bonds is 9. The van der Waals surface area contributed by atoms with Gasteiger partial charge in [0.05, 0.1) is 31.7 Å². The Morgan fingerprint density at radius 2 is 1.59 bits per heavy atom. The highest BCUT2D eigenvalue weighted by atomic mass is 19.4. The van der Waals surface area contributed by atoms with Crippen molar-refractivity contribution < 1.29 is 37.0 Å². The fraction of sp³-hybridized carbons (Fsp3) is 0.250. The first-order chi connectivity index (χ1) is 23.5. The SMILES string of the molecule is COc1ccc(CN2CCN(C(=O)c3cc4cc(Oc5ccc(NC(=O)c6ccc(C(F)(F)F)cc6)cn5)ccc4n3C)CC2)cc1OC. The zero-order valence-corrected chi connectivity index (χ0v) is 27.1. The number of nitrogens with zero attached hydrogens (tertiary/aromatic N) is 4. The summed E-state index contributed by atoms with van der Waals surface area (Å²) in [6.45, 7) is 3.44. The van der Waals surface area contributed by atoms with Crippen molar-refractivity contribution in [2.45, 2.75) is 12.7 Å². The van der Waals surface area contributed by atoms with E-state index < -0.39 is 17.6 Å². The van der Waals surface area contributed by atoms with Crippen LogP contribution in [0, 0.1) is 0 Å². The Hall–Kier alpha value is -5.56. The molecule has 1 saturated heterocycles. The number of methoxy groups -OCH3 is 2. The number of ether oxygens (including phenoxy) is 3. The average Bonchev–Trinajstić information content (AvgIpc) is 3.43. The van der Waals surface area contributed by atoms with Gasteiger partial charge in [-0.25, -0.2) is 4.98 Å². The summed E-state index contributed by atoms with van der Waals surface area (Å²) >= 11 is 0. The lowest BCUT2D eigenvalue weighted by Gasteiger charge is -2.34. The highest BCUT2D eigenvalue weighted by Crippen LogP contribution is 2.31. The maximum atomic E-state index is 13.6. The summed E-state index contributed by atoms with van der Waals surface area (Å²) in [7, 11) is 5.09. The van der Waals surface area contributed by atoms with Crippen LogP contribution in [0.15, 0.2) is 85.1 Å². The van der Waals surface area contributed by atoms with Crippen molar-refractivity contribution in [3.63, 3.8) is 0 Å². The predicted molar refractivity (Wildman–Crippen MR) is 177 cm³/mol. The number of anilines is 1. The van der Waals surface area contributed by atoms with Gasteiger partial charge in [0.1, 0.15) is 11.4 Å². The number of aryl methyl sites for hydroxylation is 1. The predicted octanol–water partition coefficient (Wildman–Crippen LogP) is 6.61. The third kappa shape index (κ3) is 7.46. The van der Waals surface area contributed by atoms with Crippen LogP contribution in [0.25, 0.3) is 10.9 Å². The quantitative estimate of drug-likeness (QED) is 0.188. The van der Waals surface area contributed by atoms with Crippen LogP contribution in [0.4, 0.5) is 18.9 Å². The van der Waals surface area contributed by atoms with Crippen molar-refractivity contribution in [3.8, 4) is 23.1 Å². The lowest BCUT2D eigenvalue weighted by molar-refractivity contribution is -0.137. The molecule has 10 nitrogen and oxygen atoms in total. The molecule has 1 aliphatic heterocycles. The van der Waals surface area contributed by atoms with Crippen molar-refractivity contribution in [1.82, 2.24) is 19.4 Å². The van der Waals surface area contributed by atoms with Crippen molar-refractivity contribution in [2.24, 2.45) is 7.05 Å². The molecule has 0 atom stereocenters. The van der Waals surface area contributed by atoms with Gasteiger partial charge in [-0.15, -0.1) is 0 Å². The van der Waals surface area contributed by atoms with Gasteiger partial charge in [0.25, 0.3) is 11.8 Å². The van der Waals surface area contributed by atoms with Crippen LogP contribution in [0.1, 0.15) is 32.0 Å². The van der Waals surface area contributed by atoms with Gasteiger partial charge in [0, 0.05) is 62.3 Å². The van der Waals surface area contributed by atoms with E-state index in [4.69, 9.17) is 14.2 Å². The largest absolute Gasteiger partial charge is 0.493 e. The zero-order valence-electron chi connectivity index (χ0n) is 27.1. The third-order valence-corrected chi connectivity index (χ3v) is 8.44. The number of aromatic nitrogens is 2. The topological polar surface area (TPSA) is 98.2 Å². The second kappa shape index (κ2) is 13.9. The van der Waals surface area contributed by atoms with Crippen LogP contribution in [-0.2, 0) is 19.8 Å². The number of nitrogens with one attached hydrogen (secondary N) is 1. The van der Waals surface area contributed by atoms with E-state index in [1.165, 1.54) is 6.20 Å². The van der Waals surface area contributed by atoms with Gasteiger partial charge in [-0.3, -0.25) is 14.5 Å². The molecule has 1 aliphatic rings. The molecule has 5 aromatic rings. The molecule has 0 unspecified atom stereocenters. The van der Waals surface area contributed by atoms with Crippen molar-refractivity contribution in [2.75, 3.05) is 45.7 Å². The lowest BCUT2D eigenvalue weighted by atomic mass is 10.1. The van der Waals surface area contributed by atoms with Crippen molar-refractivity contribution >= 4 is 28.4 Å². The Labute approximate surface area is 280 Å². The molecule has 0 spiro atoms. The normalized spacial score (nSPS) is 13.7. The summed E-state index contributed by atoms with van der Waals surface area (Å²) < 4.78 is 57.0. The summed E-state index contributed by atoms with van der Waals surface area (Å²) in [5, 5.41) is 3.44. The van der Waals surface area contributed by atoms with Gasteiger partial charge < -0.3 is 29.0 Å². The van der Waals surface area contributed by atoms with Crippen LogP contribution < -0.4 is 19.5 Å². The molecule has 1 fully saturated rings. The van der Waals surface area contributed by atoms with Crippen LogP contribution in [0.2, 0.25) is 0 Å². The Morgan fingerprint density at radius 1 is 0.857 bits per heavy atom. The first kappa shape index (κ1) is 33.3. The fourth-order valence-electron chi connectivity index (χ4n) is 5.75. The van der Waals surface area contributed by atoms with Gasteiger partial charge in [-0.2, -0.15) is 13.2 Å². The van der Waals surface area contributed by atoms with Gasteiger partial charge >= 0.3 is 6.18 Å². The van der Waals surface area contributed by atoms with E-state index in [0.717, 1.165) is 60.4 Å². The molecular formula is C36H34F3N5O5. The van der Waals surface area contributed by atoms with Gasteiger partial charge in [0.15, 0.2) is 11.5 Å². The summed E-state index contributed by atoms with van der Waals surface area (Å²) in [5.41, 5.74) is 2.15. The van der Waals surface area contributed by atoms with Crippen LogP contribution >= 0.6 is 0 Å². The molecule has 0 saturated carbocycles. The number of fused-ring (bicyclic) bond motifs is 1. The van der Waals surface area contributed by atoms with Gasteiger partial charge in [-0.05, 0) is 72.3 Å². The van der Waals surface area contributed by atoms with E-state index in [2.05, 4.69) is 15.2 Å². The van der Waals surface area contributed by atoms with Gasteiger partial charge in [0.2, 0.25) is 5.88 Å². The number of pyridine rings is 1. The number of alkyl halides is 3. The molecule has 0 bridgehead atoms. The number of amides is 2. The number of hydrogen-bond acceptors (Lipinski definition) is 7. The molecular weight excluding hydrogens is 639 g/mol. The molecule has 6 rings (SSSR count). The highest BCUT2D eigenvalue weighted by Gasteiger charge is 2.30. The summed E-state index contributed by atoms with van der Waals surface area (Å²) in [6, 6.07) is 20.3. The van der Waals surface area contributed by atoms with Gasteiger partial charge in [-0.1, -0.05) is 6.07 Å². The molecule has 1 N–H and O–H groups in total. The number of piperazine rings is 1. The highest BCUT2D eigenvalue weighted by molar-refractivity contribution is 6.04. The van der Waals surface area contributed by atoms with E-state index >= 15 is 0 Å². The molecule has 3 heterocycles. The monoisotopic (exact) mass is 673 g/mol. The summed E-state index contributed by atoms with van der Waals surface area (Å²) in [6.07, 6.45) is -3.09. The Morgan fingerprint density at radius 3 is 2.24 bits per heavy atom. The number of hydrogen-bond donors (Lipinski definition) is 1. The minimum atomic E-state index is -4.48. The summed E-state index contributed by atoms with van der Waals surface area (Å²) in [5.74, 6) is 1.55. The number of benzene rings is 3. The second-order valence-electron chi connectivity index (χ2n) is 11.6. The van der Waals surface area contributed by atoms with Crippen LogP contribution in [0.5, 0.6) is 23.1 Å². The molecule has 2 aromatic heterocycles. The van der Waals surface area contributed by atoms with E-state index in [1.807, 2.05) is 52.9 Å². The van der Waals surface area contributed by atoms with Crippen LogP contribution in [0.3, 0.4) is 0 Å². The van der Waals surface area contributed by atoms with E-state index in [0.29, 0.717) is 41.7 Å². The van der Waals surface area contributed by atoms with E-state index in [9.17, 15) is 22.8 Å². The minimum absolute atomic E-state index is 0.0393. The zero-order chi connectivity index (χ0) is 34.7. The molecule has 0 aliphatic carbocycles. The first-order valence-electron chi connectivity index (χ1n) is 15.5. The maximum absolute atomic E-state index is 13.6. The molecule has 2 amide bonds. The van der Waals surface area contributed by atoms with E-state index in [-0.39, 0.29) is 17.4 Å². The Balaban J connectivity index is 1.05. The Bertz CT molecular complexity index is 1970. The average molecular weight is 674 g/mol. The molecule has 254 valence electrons. The number of carbonyl (C=O) groups excluding carboxylic acids is 2. The maximum Gasteiger partial charge on any atom is 0.416 e. The Kier molecular flexibility index (Phi) is 9.45. The standard InChI is InChI=1S/C36H34F3N5O5/c1-42-29-11-10-28(49-33-13-9-27(21-40-33)41-34(45)24-5-7-26(8-6-24)36(37,38)39)19-25(29)20-30(42)35(46)44-16-14-43(15-17-44)22-23-4-12-31(47-2)32(18-23)48-3/h4-13,18-21H,14-17,22H2,1-3H3,(H,41,45). The molecule has 13 heteroatoms. The van der Waals surface area contributed by atoms with Crippen LogP contribution in [-0.4, -0.2) is 71.6 Å². The van der Waals surface area contributed by atoms with Crippen molar-refractivity contribution in [3.05, 3.63) is 107 Å². The second-order valence-corrected chi connectivity index (χ2v) is 11.6. The third-order valence-electron chi connectivity index (χ3n) is 8.44. The number of carbonyl (C=O) groups is 2. The molecule has 0 radical (unpaired) electrons. The smallest absolute Gasteiger partial charge is 0.416 e. The fourth-order valence-corrected chi connectivity index (χ4v) is 5.75.